The number of nitrogens with one attached hydrogen (secondary N) is 2. The maximum Gasteiger partial charge on any atom is 0.258 e. The highest BCUT2D eigenvalue weighted by Crippen LogP contribution is 2.54. The minimum absolute atomic E-state index is 0.290. The zero-order valence-electron chi connectivity index (χ0n) is 13.6. The molecule has 1 aromatic carbocycles. The third-order valence-electron chi connectivity index (χ3n) is 5.65. The van der Waals surface area contributed by atoms with Crippen molar-refractivity contribution in [3.05, 3.63) is 80.4 Å². The Labute approximate surface area is 147 Å². The molecular weight excluding hydrogens is 332 g/mol. The Hall–Kier alpha value is -3.28. The van der Waals surface area contributed by atoms with Gasteiger partial charge in [0.1, 0.15) is 0 Å². The molecule has 6 heteroatoms. The second-order valence-corrected chi connectivity index (χ2v) is 6.89. The van der Waals surface area contributed by atoms with Crippen LogP contribution in [0, 0.1) is 11.8 Å². The summed E-state index contributed by atoms with van der Waals surface area (Å²) in [5, 5.41) is 3.42. The average molecular weight is 346 g/mol. The molecule has 5 rings (SSSR count). The number of rotatable bonds is 0. The Morgan fingerprint density at radius 2 is 1.50 bits per heavy atom. The number of amides is 2. The van der Waals surface area contributed by atoms with Crippen LogP contribution in [0.15, 0.2) is 58.2 Å². The van der Waals surface area contributed by atoms with Gasteiger partial charge in [-0.1, -0.05) is 42.5 Å². The molecule has 1 aliphatic heterocycles. The van der Waals surface area contributed by atoms with E-state index in [-0.39, 0.29) is 11.8 Å². The molecule has 2 heterocycles. The van der Waals surface area contributed by atoms with Gasteiger partial charge in [0.2, 0.25) is 11.8 Å². The van der Waals surface area contributed by atoms with Crippen LogP contribution in [0.1, 0.15) is 23.0 Å². The zero-order chi connectivity index (χ0) is 18.0. The number of hydrogen-bond donors (Lipinski definition) is 2. The molecule has 4 unspecified atom stereocenters. The minimum Gasteiger partial charge on any atom is -0.295 e. The first-order valence-corrected chi connectivity index (χ1v) is 8.47. The molecule has 1 aromatic heterocycles. The van der Waals surface area contributed by atoms with E-state index in [2.05, 4.69) is 10.3 Å². The van der Waals surface area contributed by atoms with E-state index in [1.807, 2.05) is 12.2 Å². The number of H-pyrrole nitrogens is 1. The summed E-state index contributed by atoms with van der Waals surface area (Å²) >= 11 is 0. The van der Waals surface area contributed by atoms with Gasteiger partial charge in [-0.25, -0.2) is 0 Å². The number of fused-ring (bicyclic) bond motifs is 8. The number of aromatic nitrogens is 1. The second kappa shape index (κ2) is 5.11. The largest absolute Gasteiger partial charge is 0.295 e. The molecule has 1 fully saturated rings. The topological polar surface area (TPSA) is 96.1 Å². The molecule has 2 aliphatic carbocycles. The molecule has 2 N–H and O–H groups in total. The van der Waals surface area contributed by atoms with Crippen molar-refractivity contribution in [3.8, 4) is 0 Å². The fraction of sp³-hybridized carbons (Fsp3) is 0.200. The summed E-state index contributed by atoms with van der Waals surface area (Å²) < 4.78 is 0. The number of imide groups is 1. The molecule has 0 saturated carbocycles. The fourth-order valence-electron chi connectivity index (χ4n) is 4.56. The first kappa shape index (κ1) is 15.0. The first-order chi connectivity index (χ1) is 12.6. The normalized spacial score (nSPS) is 28.5. The Bertz CT molecular complexity index is 1170. The molecular formula is C20H14N2O4. The zero-order valence-corrected chi connectivity index (χ0v) is 13.6. The number of benzene rings is 1. The van der Waals surface area contributed by atoms with E-state index in [0.717, 1.165) is 0 Å². The van der Waals surface area contributed by atoms with Gasteiger partial charge in [-0.2, -0.15) is 0 Å². The standard InChI is InChI=1S/C20H14N2O4/c23-17-11-7-3-1-5-9(11)13-15(19(25)21-17)14-10-6-2-4-8-12(10)18(24)22-20(26)16(13)14/h1-9,11,13,15H,(H,21,23,25)(H,22,24,26). The summed E-state index contributed by atoms with van der Waals surface area (Å²) in [4.78, 5) is 52.7. The van der Waals surface area contributed by atoms with E-state index in [4.69, 9.17) is 0 Å². The number of carbonyl (C=O) groups excluding carboxylic acids is 2. The highest BCUT2D eigenvalue weighted by atomic mass is 16.2. The van der Waals surface area contributed by atoms with Crippen molar-refractivity contribution < 1.29 is 9.59 Å². The summed E-state index contributed by atoms with van der Waals surface area (Å²) in [5.41, 5.74) is 0.0453. The van der Waals surface area contributed by atoms with Gasteiger partial charge in [-0.05, 0) is 17.0 Å². The lowest BCUT2D eigenvalue weighted by atomic mass is 9.60. The number of carbonyl (C=O) groups is 2. The molecule has 0 bridgehead atoms. The summed E-state index contributed by atoms with van der Waals surface area (Å²) in [6.07, 6.45) is 7.22. The minimum atomic E-state index is -0.627. The van der Waals surface area contributed by atoms with Gasteiger partial charge in [0.25, 0.3) is 11.1 Å². The van der Waals surface area contributed by atoms with Crippen molar-refractivity contribution >= 4 is 22.6 Å². The lowest BCUT2D eigenvalue weighted by Gasteiger charge is -2.40. The molecule has 4 atom stereocenters. The molecule has 0 spiro atoms. The average Bonchev–Trinajstić information content (AvgIpc) is 2.74. The number of allylic oxidation sites excluding steroid dienone is 3. The van der Waals surface area contributed by atoms with Crippen molar-refractivity contribution in [1.82, 2.24) is 10.3 Å². The van der Waals surface area contributed by atoms with E-state index in [0.29, 0.717) is 21.9 Å². The van der Waals surface area contributed by atoms with E-state index in [9.17, 15) is 19.2 Å². The van der Waals surface area contributed by atoms with Crippen LogP contribution in [0.4, 0.5) is 0 Å². The van der Waals surface area contributed by atoms with E-state index in [1.54, 1.807) is 36.4 Å². The molecule has 1 saturated heterocycles. The van der Waals surface area contributed by atoms with E-state index in [1.165, 1.54) is 0 Å². The molecule has 2 aromatic rings. The molecule has 26 heavy (non-hydrogen) atoms. The second-order valence-electron chi connectivity index (χ2n) is 6.89. The van der Waals surface area contributed by atoms with Crippen LogP contribution in [0.2, 0.25) is 0 Å². The van der Waals surface area contributed by atoms with Crippen molar-refractivity contribution in [2.75, 3.05) is 0 Å². The van der Waals surface area contributed by atoms with Crippen molar-refractivity contribution in [3.63, 3.8) is 0 Å². The first-order valence-electron chi connectivity index (χ1n) is 8.47. The SMILES string of the molecule is O=C1NC(=O)C2c3c(c(=O)[nH]c(=O)c4ccccc34)C2C2C=CC=CC12. The number of hydrogen-bond acceptors (Lipinski definition) is 4. The Morgan fingerprint density at radius 1 is 0.769 bits per heavy atom. The van der Waals surface area contributed by atoms with E-state index < -0.39 is 34.8 Å². The van der Waals surface area contributed by atoms with Gasteiger partial charge in [0.05, 0.1) is 11.8 Å². The molecule has 128 valence electrons. The van der Waals surface area contributed by atoms with Crippen LogP contribution < -0.4 is 16.4 Å². The molecule has 2 amide bonds. The summed E-state index contributed by atoms with van der Waals surface area (Å²) in [7, 11) is 0. The fourth-order valence-corrected chi connectivity index (χ4v) is 4.56. The highest BCUT2D eigenvalue weighted by Gasteiger charge is 2.53. The van der Waals surface area contributed by atoms with Crippen LogP contribution in [-0.4, -0.2) is 16.8 Å². The molecule has 3 aliphatic rings. The predicted octanol–water partition coefficient (Wildman–Crippen LogP) is 1.08. The lowest BCUT2D eigenvalue weighted by molar-refractivity contribution is -0.131. The summed E-state index contributed by atoms with van der Waals surface area (Å²) in [5.74, 6) is -2.61. The van der Waals surface area contributed by atoms with Gasteiger partial charge in [0, 0.05) is 22.8 Å². The molecule has 0 radical (unpaired) electrons. The quantitative estimate of drug-likeness (QED) is 0.698. The third-order valence-corrected chi connectivity index (χ3v) is 5.65. The highest BCUT2D eigenvalue weighted by molar-refractivity contribution is 6.06. The number of aromatic amines is 1. The van der Waals surface area contributed by atoms with Crippen molar-refractivity contribution in [1.29, 1.82) is 0 Å². The smallest absolute Gasteiger partial charge is 0.258 e. The summed E-state index contributed by atoms with van der Waals surface area (Å²) in [6.45, 7) is 0. The van der Waals surface area contributed by atoms with E-state index >= 15 is 0 Å². The Kier molecular flexibility index (Phi) is 2.95. The van der Waals surface area contributed by atoms with Gasteiger partial charge >= 0.3 is 0 Å². The monoisotopic (exact) mass is 346 g/mol. The lowest BCUT2D eigenvalue weighted by Crippen LogP contribution is -2.41. The van der Waals surface area contributed by atoms with Crippen LogP contribution in [0.3, 0.4) is 0 Å². The van der Waals surface area contributed by atoms with Crippen molar-refractivity contribution in [2.45, 2.75) is 11.8 Å². The maximum atomic E-state index is 12.8. The third kappa shape index (κ3) is 1.81. The Balaban J connectivity index is 1.87. The molecule has 6 nitrogen and oxygen atoms in total. The predicted molar refractivity (Wildman–Crippen MR) is 94.7 cm³/mol. The van der Waals surface area contributed by atoms with Crippen molar-refractivity contribution in [2.24, 2.45) is 11.8 Å². The summed E-state index contributed by atoms with van der Waals surface area (Å²) in [6, 6.07) is 6.86. The maximum absolute atomic E-state index is 12.8. The van der Waals surface area contributed by atoms with Crippen LogP contribution in [-0.2, 0) is 9.59 Å². The van der Waals surface area contributed by atoms with Crippen LogP contribution in [0.5, 0.6) is 0 Å². The van der Waals surface area contributed by atoms with Gasteiger partial charge in [-0.15, -0.1) is 0 Å². The van der Waals surface area contributed by atoms with Gasteiger partial charge in [-0.3, -0.25) is 29.5 Å². The van der Waals surface area contributed by atoms with Gasteiger partial charge < -0.3 is 0 Å². The van der Waals surface area contributed by atoms with Crippen LogP contribution >= 0.6 is 0 Å². The van der Waals surface area contributed by atoms with Gasteiger partial charge in [0.15, 0.2) is 0 Å². The Morgan fingerprint density at radius 3 is 2.31 bits per heavy atom. The van der Waals surface area contributed by atoms with Crippen LogP contribution in [0.25, 0.3) is 10.8 Å².